The quantitative estimate of drug-likeness (QED) is 0.650. The molecule has 1 aliphatic heterocycles. The molecule has 30 heavy (non-hydrogen) atoms. The van der Waals surface area contributed by atoms with Gasteiger partial charge in [-0.1, -0.05) is 30.3 Å². The third-order valence-electron chi connectivity index (χ3n) is 4.55. The number of nitrogens with zero attached hydrogens (tertiary/aromatic N) is 1. The number of hydrogen-bond acceptors (Lipinski definition) is 3. The number of alkyl halides is 6. The molecule has 0 bridgehead atoms. The van der Waals surface area contributed by atoms with Crippen molar-refractivity contribution in [2.24, 2.45) is 0 Å². The van der Waals surface area contributed by atoms with Gasteiger partial charge in [0.15, 0.2) is 0 Å². The minimum Gasteiger partial charge on any atom is -0.447 e. The first kappa shape index (κ1) is 21.7. The Bertz CT molecular complexity index is 908. The molecule has 0 spiro atoms. The Kier molecular flexibility index (Phi) is 5.78. The maximum atomic E-state index is 13.0. The Balaban J connectivity index is 1.85. The zero-order chi connectivity index (χ0) is 22.1. The monoisotopic (exact) mass is 431 g/mol. The molecule has 0 saturated carbocycles. The van der Waals surface area contributed by atoms with E-state index in [1.54, 1.807) is 30.3 Å². The number of benzene rings is 2. The van der Waals surface area contributed by atoms with E-state index in [2.05, 4.69) is 0 Å². The van der Waals surface area contributed by atoms with Crippen LogP contribution in [0.1, 0.15) is 22.3 Å². The normalized spacial score (nSPS) is 17.2. The molecule has 0 aromatic heterocycles. The molecule has 160 valence electrons. The van der Waals surface area contributed by atoms with Crippen molar-refractivity contribution in [3.63, 3.8) is 0 Å². The molecule has 1 aliphatic rings. The molecule has 4 nitrogen and oxygen atoms in total. The highest BCUT2D eigenvalue weighted by Crippen LogP contribution is 2.36. The first-order valence-corrected chi connectivity index (χ1v) is 8.76. The summed E-state index contributed by atoms with van der Waals surface area (Å²) in [6, 6.07) is 9.01. The van der Waals surface area contributed by atoms with Crippen molar-refractivity contribution in [3.8, 4) is 0 Å². The summed E-state index contributed by atoms with van der Waals surface area (Å²) >= 11 is 0. The maximum Gasteiger partial charge on any atom is 0.416 e. The standard InChI is InChI=1S/C20H15F6NO3/c21-19(22,23)14-6-13(7-15(10-14)20(24,25)26)9-17(28)27-16(11-30-18(27)29)8-12-4-2-1-3-5-12/h1-7,10,16H,8-9,11H2/t16-/m1/s1. The van der Waals surface area contributed by atoms with Crippen molar-refractivity contribution >= 4 is 12.0 Å². The van der Waals surface area contributed by atoms with Crippen LogP contribution >= 0.6 is 0 Å². The van der Waals surface area contributed by atoms with Gasteiger partial charge in [0.05, 0.1) is 23.6 Å². The van der Waals surface area contributed by atoms with Crippen molar-refractivity contribution in [1.82, 2.24) is 4.90 Å². The van der Waals surface area contributed by atoms with Gasteiger partial charge in [-0.25, -0.2) is 9.69 Å². The van der Waals surface area contributed by atoms with Crippen LogP contribution in [0.3, 0.4) is 0 Å². The first-order chi connectivity index (χ1) is 13.9. The van der Waals surface area contributed by atoms with Gasteiger partial charge < -0.3 is 4.74 Å². The molecule has 3 rings (SSSR count). The van der Waals surface area contributed by atoms with Gasteiger partial charge in [-0.3, -0.25) is 4.79 Å². The molecule has 2 amide bonds. The number of ether oxygens (including phenoxy) is 1. The van der Waals surface area contributed by atoms with Gasteiger partial charge in [0.1, 0.15) is 6.61 Å². The van der Waals surface area contributed by atoms with Crippen molar-refractivity contribution in [2.75, 3.05) is 6.61 Å². The number of halogens is 6. The number of imide groups is 1. The van der Waals surface area contributed by atoms with Crippen LogP contribution in [0.15, 0.2) is 48.5 Å². The van der Waals surface area contributed by atoms with Gasteiger partial charge >= 0.3 is 18.4 Å². The molecule has 1 saturated heterocycles. The fourth-order valence-corrected chi connectivity index (χ4v) is 3.18. The second-order valence-corrected chi connectivity index (χ2v) is 6.78. The largest absolute Gasteiger partial charge is 0.447 e. The van der Waals surface area contributed by atoms with E-state index < -0.39 is 53.5 Å². The Labute approximate surface area is 167 Å². The summed E-state index contributed by atoms with van der Waals surface area (Å²) in [5, 5.41) is 0. The molecule has 0 unspecified atom stereocenters. The molecule has 1 atom stereocenters. The lowest BCUT2D eigenvalue weighted by atomic mass is 10.0. The van der Waals surface area contributed by atoms with Crippen LogP contribution in [-0.4, -0.2) is 29.5 Å². The number of hydrogen-bond donors (Lipinski definition) is 0. The SMILES string of the molecule is O=C(Cc1cc(C(F)(F)F)cc(C(F)(F)F)c1)N1C(=O)OC[C@H]1Cc1ccccc1. The van der Waals surface area contributed by atoms with Crippen molar-refractivity contribution in [1.29, 1.82) is 0 Å². The Morgan fingerprint density at radius 3 is 2.03 bits per heavy atom. The fourth-order valence-electron chi connectivity index (χ4n) is 3.18. The van der Waals surface area contributed by atoms with Gasteiger partial charge in [-0.2, -0.15) is 26.3 Å². The molecule has 10 heteroatoms. The zero-order valence-electron chi connectivity index (χ0n) is 15.3. The third-order valence-corrected chi connectivity index (χ3v) is 4.55. The Morgan fingerprint density at radius 1 is 0.933 bits per heavy atom. The highest BCUT2D eigenvalue weighted by atomic mass is 19.4. The summed E-state index contributed by atoms with van der Waals surface area (Å²) in [5.74, 6) is -0.939. The van der Waals surface area contributed by atoms with Crippen LogP contribution in [0.5, 0.6) is 0 Å². The summed E-state index contributed by atoms with van der Waals surface area (Å²) in [5.41, 5.74) is -2.76. The van der Waals surface area contributed by atoms with E-state index in [-0.39, 0.29) is 19.1 Å². The average Bonchev–Trinajstić information content (AvgIpc) is 3.01. The van der Waals surface area contributed by atoms with E-state index in [1.165, 1.54) is 0 Å². The molecule has 1 heterocycles. The minimum atomic E-state index is -5.03. The van der Waals surface area contributed by atoms with E-state index in [1.807, 2.05) is 0 Å². The number of cyclic esters (lactones) is 1. The van der Waals surface area contributed by atoms with Crippen LogP contribution in [0, 0.1) is 0 Å². The van der Waals surface area contributed by atoms with Gasteiger partial charge in [0.2, 0.25) is 5.91 Å². The Hall–Kier alpha value is -3.04. The lowest BCUT2D eigenvalue weighted by Crippen LogP contribution is -2.41. The van der Waals surface area contributed by atoms with Gasteiger partial charge in [0, 0.05) is 0 Å². The first-order valence-electron chi connectivity index (χ1n) is 8.76. The van der Waals surface area contributed by atoms with Crippen LogP contribution in [0.25, 0.3) is 0 Å². The minimum absolute atomic E-state index is 0.0176. The molecule has 1 fully saturated rings. The summed E-state index contributed by atoms with van der Waals surface area (Å²) in [6.45, 7) is -0.115. The number of carbonyl (C=O) groups excluding carboxylic acids is 2. The van der Waals surface area contributed by atoms with Crippen LogP contribution in [-0.2, 0) is 34.7 Å². The van der Waals surface area contributed by atoms with Gasteiger partial charge in [0.25, 0.3) is 0 Å². The van der Waals surface area contributed by atoms with Crippen molar-refractivity contribution < 1.29 is 40.7 Å². The maximum absolute atomic E-state index is 13.0. The van der Waals surface area contributed by atoms with Crippen LogP contribution < -0.4 is 0 Å². The molecule has 2 aromatic rings. The van der Waals surface area contributed by atoms with Crippen LogP contribution in [0.4, 0.5) is 31.1 Å². The summed E-state index contributed by atoms with van der Waals surface area (Å²) in [7, 11) is 0. The molecule has 0 N–H and O–H groups in total. The van der Waals surface area contributed by atoms with Crippen molar-refractivity contribution in [3.05, 3.63) is 70.8 Å². The lowest BCUT2D eigenvalue weighted by Gasteiger charge is -2.20. The summed E-state index contributed by atoms with van der Waals surface area (Å²) < 4.78 is 82.9. The highest BCUT2D eigenvalue weighted by Gasteiger charge is 2.40. The number of carbonyl (C=O) groups is 2. The van der Waals surface area contributed by atoms with Crippen molar-refractivity contribution in [2.45, 2.75) is 31.2 Å². The van der Waals surface area contributed by atoms with E-state index in [9.17, 15) is 35.9 Å². The third kappa shape index (κ3) is 4.92. The van der Waals surface area contributed by atoms with E-state index in [0.717, 1.165) is 10.5 Å². The second-order valence-electron chi connectivity index (χ2n) is 6.78. The lowest BCUT2D eigenvalue weighted by molar-refractivity contribution is -0.143. The predicted molar refractivity (Wildman–Crippen MR) is 92.3 cm³/mol. The smallest absolute Gasteiger partial charge is 0.416 e. The number of rotatable bonds is 4. The summed E-state index contributed by atoms with van der Waals surface area (Å²) in [4.78, 5) is 25.3. The summed E-state index contributed by atoms with van der Waals surface area (Å²) in [6.07, 6.45) is -11.6. The number of amides is 2. The zero-order valence-corrected chi connectivity index (χ0v) is 15.3. The fraction of sp³-hybridized carbons (Fsp3) is 0.300. The Morgan fingerprint density at radius 2 is 1.50 bits per heavy atom. The molecular weight excluding hydrogens is 416 g/mol. The molecule has 2 aromatic carbocycles. The van der Waals surface area contributed by atoms with Gasteiger partial charge in [-0.05, 0) is 35.7 Å². The predicted octanol–water partition coefficient (Wildman–Crippen LogP) is 4.86. The molecular formula is C20H15F6NO3. The van der Waals surface area contributed by atoms with Gasteiger partial charge in [-0.15, -0.1) is 0 Å². The van der Waals surface area contributed by atoms with E-state index in [0.29, 0.717) is 12.1 Å². The van der Waals surface area contributed by atoms with E-state index >= 15 is 0 Å². The molecule has 0 aliphatic carbocycles. The van der Waals surface area contributed by atoms with E-state index in [4.69, 9.17) is 4.74 Å². The van der Waals surface area contributed by atoms with Crippen LogP contribution in [0.2, 0.25) is 0 Å². The highest BCUT2D eigenvalue weighted by molar-refractivity contribution is 5.94. The second kappa shape index (κ2) is 8.00. The average molecular weight is 431 g/mol. The topological polar surface area (TPSA) is 46.6 Å². The molecule has 0 radical (unpaired) electrons.